The molecule has 2 aromatic heterocycles. The van der Waals surface area contributed by atoms with E-state index in [0.717, 1.165) is 6.42 Å². The Balaban J connectivity index is 1.42. The molecule has 1 amide bonds. The summed E-state index contributed by atoms with van der Waals surface area (Å²) < 4.78 is 1.54. The summed E-state index contributed by atoms with van der Waals surface area (Å²) >= 11 is 0. The third-order valence-corrected chi connectivity index (χ3v) is 4.97. The fourth-order valence-corrected chi connectivity index (χ4v) is 3.46. The smallest absolute Gasteiger partial charge is 0.251 e. The summed E-state index contributed by atoms with van der Waals surface area (Å²) in [5.41, 5.74) is 3.22. The molecule has 1 fully saturated rings. The summed E-state index contributed by atoms with van der Waals surface area (Å²) in [6.07, 6.45) is 5.73. The van der Waals surface area contributed by atoms with E-state index in [0.29, 0.717) is 23.2 Å². The van der Waals surface area contributed by atoms with Gasteiger partial charge in [-0.3, -0.25) is 4.79 Å². The molecule has 0 aliphatic heterocycles. The highest BCUT2D eigenvalue weighted by Crippen LogP contribution is 2.49. The predicted octanol–water partition coefficient (Wildman–Crippen LogP) is 2.89. The minimum absolute atomic E-state index is 0.0869. The standard InChI is InChI=1S/C20H21N5O/c1-13-4-3-5-15(8-13)18-10-17(18)14(2)24-20(26)16-6-7-22-19(9-16)25-12-21-11-23-25/h3-9,11-12,14,17-18H,10H2,1-2H3,(H,24,26). The van der Waals surface area contributed by atoms with Crippen molar-refractivity contribution >= 4 is 5.91 Å². The minimum Gasteiger partial charge on any atom is -0.349 e. The molecule has 0 bridgehead atoms. The van der Waals surface area contributed by atoms with Gasteiger partial charge in [0.2, 0.25) is 0 Å². The molecular formula is C20H21N5O. The quantitative estimate of drug-likeness (QED) is 0.770. The van der Waals surface area contributed by atoms with E-state index in [9.17, 15) is 4.79 Å². The number of hydrogen-bond donors (Lipinski definition) is 1. The maximum absolute atomic E-state index is 12.6. The number of aryl methyl sites for hydroxylation is 1. The summed E-state index contributed by atoms with van der Waals surface area (Å²) in [5, 5.41) is 7.18. The van der Waals surface area contributed by atoms with Crippen LogP contribution < -0.4 is 5.32 Å². The van der Waals surface area contributed by atoms with Gasteiger partial charge in [0.25, 0.3) is 5.91 Å². The molecule has 0 spiro atoms. The number of nitrogens with zero attached hydrogens (tertiary/aromatic N) is 4. The van der Waals surface area contributed by atoms with Crippen LogP contribution in [-0.4, -0.2) is 31.7 Å². The highest BCUT2D eigenvalue weighted by Gasteiger charge is 2.42. The van der Waals surface area contributed by atoms with Crippen molar-refractivity contribution < 1.29 is 4.79 Å². The molecule has 3 atom stereocenters. The van der Waals surface area contributed by atoms with Crippen LogP contribution >= 0.6 is 0 Å². The topological polar surface area (TPSA) is 72.7 Å². The van der Waals surface area contributed by atoms with E-state index >= 15 is 0 Å². The number of carbonyl (C=O) groups excluding carboxylic acids is 1. The number of carbonyl (C=O) groups is 1. The number of aromatic nitrogens is 4. The van der Waals surface area contributed by atoms with Crippen molar-refractivity contribution in [3.8, 4) is 5.82 Å². The molecule has 4 rings (SSSR count). The third kappa shape index (κ3) is 3.35. The van der Waals surface area contributed by atoms with Crippen molar-refractivity contribution in [2.24, 2.45) is 5.92 Å². The third-order valence-electron chi connectivity index (χ3n) is 4.97. The fourth-order valence-electron chi connectivity index (χ4n) is 3.46. The highest BCUT2D eigenvalue weighted by molar-refractivity contribution is 5.94. The van der Waals surface area contributed by atoms with E-state index in [1.54, 1.807) is 24.7 Å². The molecule has 1 saturated carbocycles. The Morgan fingerprint density at radius 3 is 2.96 bits per heavy atom. The molecule has 6 heteroatoms. The Morgan fingerprint density at radius 2 is 2.19 bits per heavy atom. The lowest BCUT2D eigenvalue weighted by molar-refractivity contribution is 0.0935. The molecule has 2 heterocycles. The van der Waals surface area contributed by atoms with Crippen molar-refractivity contribution in [3.63, 3.8) is 0 Å². The lowest BCUT2D eigenvalue weighted by Gasteiger charge is -2.14. The van der Waals surface area contributed by atoms with Gasteiger partial charge in [0, 0.05) is 17.8 Å². The van der Waals surface area contributed by atoms with Gasteiger partial charge in [0.1, 0.15) is 12.7 Å². The molecule has 6 nitrogen and oxygen atoms in total. The second-order valence-electron chi connectivity index (χ2n) is 6.93. The molecule has 3 aromatic rings. The molecule has 1 N–H and O–H groups in total. The highest BCUT2D eigenvalue weighted by atomic mass is 16.1. The van der Waals surface area contributed by atoms with Crippen LogP contribution in [0.3, 0.4) is 0 Å². The van der Waals surface area contributed by atoms with Crippen molar-refractivity contribution in [2.45, 2.75) is 32.2 Å². The van der Waals surface area contributed by atoms with Crippen LogP contribution in [0.1, 0.15) is 40.7 Å². The first-order chi connectivity index (χ1) is 12.6. The van der Waals surface area contributed by atoms with Crippen LogP contribution in [0.25, 0.3) is 5.82 Å². The second-order valence-corrected chi connectivity index (χ2v) is 6.93. The number of pyridine rings is 1. The van der Waals surface area contributed by atoms with Crippen molar-refractivity contribution in [3.05, 3.63) is 71.9 Å². The minimum atomic E-state index is -0.0869. The molecule has 1 aliphatic rings. The monoisotopic (exact) mass is 347 g/mol. The molecule has 0 radical (unpaired) electrons. The van der Waals surface area contributed by atoms with Gasteiger partial charge in [-0.25, -0.2) is 14.6 Å². The van der Waals surface area contributed by atoms with E-state index in [1.165, 1.54) is 22.1 Å². The van der Waals surface area contributed by atoms with Gasteiger partial charge in [-0.1, -0.05) is 29.8 Å². The number of rotatable bonds is 5. The van der Waals surface area contributed by atoms with Crippen LogP contribution in [0, 0.1) is 12.8 Å². The van der Waals surface area contributed by atoms with Crippen molar-refractivity contribution in [1.29, 1.82) is 0 Å². The summed E-state index contributed by atoms with van der Waals surface area (Å²) in [6, 6.07) is 12.2. The first kappa shape index (κ1) is 16.4. The fraction of sp³-hybridized carbons (Fsp3) is 0.300. The molecule has 1 aromatic carbocycles. The van der Waals surface area contributed by atoms with Crippen LogP contribution in [-0.2, 0) is 0 Å². The molecule has 1 aliphatic carbocycles. The van der Waals surface area contributed by atoms with Gasteiger partial charge in [0.05, 0.1) is 0 Å². The van der Waals surface area contributed by atoms with Gasteiger partial charge >= 0.3 is 0 Å². The maximum Gasteiger partial charge on any atom is 0.251 e. The average Bonchev–Trinajstić information content (AvgIpc) is 3.27. The molecule has 132 valence electrons. The van der Waals surface area contributed by atoms with E-state index in [2.05, 4.69) is 58.5 Å². The number of hydrogen-bond acceptors (Lipinski definition) is 4. The summed E-state index contributed by atoms with van der Waals surface area (Å²) in [7, 11) is 0. The molecule has 3 unspecified atom stereocenters. The van der Waals surface area contributed by atoms with E-state index in [1.807, 2.05) is 0 Å². The number of amides is 1. The van der Waals surface area contributed by atoms with Crippen molar-refractivity contribution in [1.82, 2.24) is 25.1 Å². The molecule has 26 heavy (non-hydrogen) atoms. The van der Waals surface area contributed by atoms with E-state index < -0.39 is 0 Å². The van der Waals surface area contributed by atoms with Crippen LogP contribution in [0.15, 0.2) is 55.2 Å². The Kier molecular flexibility index (Phi) is 4.24. The van der Waals surface area contributed by atoms with Gasteiger partial charge < -0.3 is 5.32 Å². The van der Waals surface area contributed by atoms with E-state index in [-0.39, 0.29) is 11.9 Å². The first-order valence-corrected chi connectivity index (χ1v) is 8.80. The zero-order chi connectivity index (χ0) is 18.1. The molecule has 0 saturated heterocycles. The summed E-state index contributed by atoms with van der Waals surface area (Å²) in [4.78, 5) is 20.8. The van der Waals surface area contributed by atoms with Crippen LogP contribution in [0.4, 0.5) is 0 Å². The Morgan fingerprint density at radius 1 is 1.31 bits per heavy atom. The van der Waals surface area contributed by atoms with E-state index in [4.69, 9.17) is 0 Å². The number of benzene rings is 1. The Hall–Kier alpha value is -3.02. The average molecular weight is 347 g/mol. The first-order valence-electron chi connectivity index (χ1n) is 8.80. The molecular weight excluding hydrogens is 326 g/mol. The zero-order valence-corrected chi connectivity index (χ0v) is 14.8. The van der Waals surface area contributed by atoms with Gasteiger partial charge in [-0.15, -0.1) is 0 Å². The van der Waals surface area contributed by atoms with Gasteiger partial charge in [-0.05, 0) is 49.8 Å². The summed E-state index contributed by atoms with van der Waals surface area (Å²) in [5.74, 6) is 1.51. The van der Waals surface area contributed by atoms with Gasteiger partial charge in [0.15, 0.2) is 5.82 Å². The lowest BCUT2D eigenvalue weighted by Crippen LogP contribution is -2.34. The van der Waals surface area contributed by atoms with Crippen molar-refractivity contribution in [2.75, 3.05) is 0 Å². The Labute approximate surface area is 152 Å². The number of nitrogens with one attached hydrogen (secondary N) is 1. The normalized spacial score (nSPS) is 19.8. The zero-order valence-electron chi connectivity index (χ0n) is 14.8. The lowest BCUT2D eigenvalue weighted by atomic mass is 10.0. The Bertz CT molecular complexity index is 921. The second kappa shape index (κ2) is 6.71. The largest absolute Gasteiger partial charge is 0.349 e. The van der Waals surface area contributed by atoms with Gasteiger partial charge in [-0.2, -0.15) is 5.10 Å². The summed E-state index contributed by atoms with van der Waals surface area (Å²) in [6.45, 7) is 4.19. The maximum atomic E-state index is 12.6. The predicted molar refractivity (Wildman–Crippen MR) is 98.1 cm³/mol. The SMILES string of the molecule is Cc1cccc(C2CC2C(C)NC(=O)c2ccnc(-n3cncn3)c2)c1. The van der Waals surface area contributed by atoms with Crippen LogP contribution in [0.2, 0.25) is 0 Å². The van der Waals surface area contributed by atoms with Crippen LogP contribution in [0.5, 0.6) is 0 Å².